The summed E-state index contributed by atoms with van der Waals surface area (Å²) in [5, 5.41) is 6.52. The molecule has 0 N–H and O–H groups in total. The Morgan fingerprint density at radius 3 is 2.41 bits per heavy atom. The number of piperidine rings is 1. The zero-order valence-electron chi connectivity index (χ0n) is 15.6. The van der Waals surface area contributed by atoms with E-state index in [9.17, 15) is 21.6 Å². The molecule has 1 aliphatic heterocycles. The van der Waals surface area contributed by atoms with Gasteiger partial charge >= 0.3 is 6.18 Å². The average molecular weight is 458 g/mol. The number of nitrogens with zero attached hydrogens (tertiary/aromatic N) is 2. The lowest BCUT2D eigenvalue weighted by Gasteiger charge is -2.25. The first-order valence-electron chi connectivity index (χ1n) is 8.72. The highest BCUT2D eigenvalue weighted by Crippen LogP contribution is 2.25. The first-order valence-corrected chi connectivity index (χ1v) is 11.2. The van der Waals surface area contributed by atoms with Gasteiger partial charge in [-0.05, 0) is 49.2 Å². The third-order valence-electron chi connectivity index (χ3n) is 3.85. The first kappa shape index (κ1) is 23.7. The van der Waals surface area contributed by atoms with Gasteiger partial charge in [-0.3, -0.25) is 0 Å². The minimum atomic E-state index is -4.82. The standard InChI is InChI=1S/C16H21F3N2O6S2/c1-2-24-14-8-6-13(7-9-14)15(16(17,18)19)20-25-26-27-28-12-29(22,23)21-10-4-3-5-11-21/h6-9H,2-5,10-12H2,1H3/b20-15-. The lowest BCUT2D eigenvalue weighted by Crippen LogP contribution is -2.36. The molecule has 0 saturated carbocycles. The predicted octanol–water partition coefficient (Wildman–Crippen LogP) is 3.65. The number of hydrogen-bond donors (Lipinski definition) is 0. The Balaban J connectivity index is 1.85. The van der Waals surface area contributed by atoms with Gasteiger partial charge in [-0.25, -0.2) is 12.7 Å². The molecule has 1 aliphatic rings. The summed E-state index contributed by atoms with van der Waals surface area (Å²) >= 11 is 0.372. The number of sulfonamides is 1. The van der Waals surface area contributed by atoms with E-state index < -0.39 is 27.0 Å². The summed E-state index contributed by atoms with van der Waals surface area (Å²) in [4.78, 5) is 4.10. The quantitative estimate of drug-likeness (QED) is 0.174. The Kier molecular flexibility index (Phi) is 9.02. The summed E-state index contributed by atoms with van der Waals surface area (Å²) < 4.78 is 74.5. The molecule has 1 fully saturated rings. The van der Waals surface area contributed by atoms with E-state index in [1.54, 1.807) is 6.92 Å². The maximum absolute atomic E-state index is 13.2. The Bertz CT molecular complexity index is 766. The Morgan fingerprint density at radius 1 is 1.17 bits per heavy atom. The van der Waals surface area contributed by atoms with Gasteiger partial charge in [0.25, 0.3) is 0 Å². The topological polar surface area (TPSA) is 86.7 Å². The van der Waals surface area contributed by atoms with Gasteiger partial charge in [0.1, 0.15) is 10.8 Å². The minimum absolute atomic E-state index is 0.273. The SMILES string of the molecule is CCOc1ccc(/C(=N/OOOSCS(=O)(=O)N2CCCCC2)C(F)(F)F)cc1. The monoisotopic (exact) mass is 458 g/mol. The number of rotatable bonds is 10. The van der Waals surface area contributed by atoms with Crippen LogP contribution < -0.4 is 4.74 Å². The van der Waals surface area contributed by atoms with Crippen molar-refractivity contribution >= 4 is 27.8 Å². The molecule has 8 nitrogen and oxygen atoms in total. The lowest BCUT2D eigenvalue weighted by atomic mass is 10.1. The molecular formula is C16H21F3N2O6S2. The summed E-state index contributed by atoms with van der Waals surface area (Å²) in [5.41, 5.74) is -1.63. The van der Waals surface area contributed by atoms with Gasteiger partial charge in [0.15, 0.2) is 5.71 Å². The summed E-state index contributed by atoms with van der Waals surface area (Å²) in [5.74, 6) is 0.407. The fraction of sp³-hybridized carbons (Fsp3) is 0.562. The fourth-order valence-corrected chi connectivity index (χ4v) is 4.64. The van der Waals surface area contributed by atoms with Gasteiger partial charge in [-0.15, -0.1) is 4.33 Å². The molecule has 0 aliphatic carbocycles. The third kappa shape index (κ3) is 7.66. The molecule has 0 radical (unpaired) electrons. The first-order chi connectivity index (χ1) is 13.7. The van der Waals surface area contributed by atoms with E-state index in [-0.39, 0.29) is 5.56 Å². The number of benzene rings is 1. The van der Waals surface area contributed by atoms with E-state index in [4.69, 9.17) is 4.74 Å². The van der Waals surface area contributed by atoms with Gasteiger partial charge in [-0.2, -0.15) is 18.2 Å². The van der Waals surface area contributed by atoms with Crippen molar-refractivity contribution in [2.75, 3.05) is 24.8 Å². The molecular weight excluding hydrogens is 437 g/mol. The molecule has 0 bridgehead atoms. The van der Waals surface area contributed by atoms with Crippen molar-refractivity contribution in [2.24, 2.45) is 5.16 Å². The molecule has 1 aromatic rings. The Labute approximate surface area is 171 Å². The van der Waals surface area contributed by atoms with Crippen LogP contribution in [0.3, 0.4) is 0 Å². The van der Waals surface area contributed by atoms with Crippen molar-refractivity contribution in [3.8, 4) is 5.75 Å². The van der Waals surface area contributed by atoms with Crippen LogP contribution in [0.5, 0.6) is 5.75 Å². The highest BCUT2D eigenvalue weighted by molar-refractivity contribution is 8.08. The van der Waals surface area contributed by atoms with E-state index in [1.807, 2.05) is 0 Å². The summed E-state index contributed by atoms with van der Waals surface area (Å²) in [7, 11) is -3.55. The van der Waals surface area contributed by atoms with Crippen LogP contribution in [-0.4, -0.2) is 49.4 Å². The fourth-order valence-electron chi connectivity index (χ4n) is 2.53. The van der Waals surface area contributed by atoms with E-state index in [1.165, 1.54) is 28.6 Å². The Hall–Kier alpha value is -1.54. The number of ether oxygens (including phenoxy) is 1. The van der Waals surface area contributed by atoms with Gasteiger partial charge in [0.2, 0.25) is 10.0 Å². The molecule has 29 heavy (non-hydrogen) atoms. The largest absolute Gasteiger partial charge is 0.494 e. The molecule has 164 valence electrons. The minimum Gasteiger partial charge on any atom is -0.494 e. The molecule has 1 saturated heterocycles. The van der Waals surface area contributed by atoms with E-state index >= 15 is 0 Å². The van der Waals surface area contributed by atoms with Crippen molar-refractivity contribution in [1.82, 2.24) is 4.31 Å². The summed E-state index contributed by atoms with van der Waals surface area (Å²) in [6.07, 6.45) is -2.28. The molecule has 1 heterocycles. The van der Waals surface area contributed by atoms with Crippen LogP contribution in [0.2, 0.25) is 0 Å². The highest BCUT2D eigenvalue weighted by Gasteiger charge is 2.38. The number of oxime groups is 1. The number of alkyl halides is 3. The molecule has 0 unspecified atom stereocenters. The van der Waals surface area contributed by atoms with Crippen molar-refractivity contribution in [2.45, 2.75) is 32.4 Å². The second-order valence-electron chi connectivity index (χ2n) is 5.91. The van der Waals surface area contributed by atoms with Crippen LogP contribution in [0.15, 0.2) is 29.4 Å². The predicted molar refractivity (Wildman–Crippen MR) is 100 cm³/mol. The average Bonchev–Trinajstić information content (AvgIpc) is 2.68. The van der Waals surface area contributed by atoms with Crippen molar-refractivity contribution < 1.29 is 40.7 Å². The van der Waals surface area contributed by atoms with E-state index in [0.717, 1.165) is 19.3 Å². The molecule has 0 amide bonds. The van der Waals surface area contributed by atoms with Crippen LogP contribution in [0, 0.1) is 0 Å². The zero-order valence-corrected chi connectivity index (χ0v) is 17.2. The van der Waals surface area contributed by atoms with Crippen molar-refractivity contribution in [3.63, 3.8) is 0 Å². The van der Waals surface area contributed by atoms with E-state index in [2.05, 4.69) is 19.5 Å². The maximum atomic E-state index is 13.2. The lowest BCUT2D eigenvalue weighted by molar-refractivity contribution is -0.462. The molecule has 2 rings (SSSR count). The molecule has 0 atom stereocenters. The van der Waals surface area contributed by atoms with Crippen LogP contribution in [0.1, 0.15) is 31.7 Å². The smallest absolute Gasteiger partial charge is 0.437 e. The molecule has 1 aromatic carbocycles. The number of halogens is 3. The Morgan fingerprint density at radius 2 is 1.83 bits per heavy atom. The normalized spacial score (nSPS) is 16.6. The van der Waals surface area contributed by atoms with Gasteiger partial charge in [0, 0.05) is 23.7 Å². The summed E-state index contributed by atoms with van der Waals surface area (Å²) in [6.45, 7) is 2.99. The maximum Gasteiger partial charge on any atom is 0.437 e. The van der Waals surface area contributed by atoms with Crippen LogP contribution in [0.25, 0.3) is 0 Å². The second-order valence-corrected chi connectivity index (χ2v) is 8.91. The van der Waals surface area contributed by atoms with Crippen molar-refractivity contribution in [3.05, 3.63) is 29.8 Å². The zero-order chi connectivity index (χ0) is 21.3. The third-order valence-corrected chi connectivity index (χ3v) is 6.73. The molecule has 0 aromatic heterocycles. The number of hydrogen-bond acceptors (Lipinski definition) is 8. The second kappa shape index (κ2) is 11.0. The van der Waals surface area contributed by atoms with Crippen LogP contribution in [0.4, 0.5) is 13.2 Å². The molecule has 13 heteroatoms. The van der Waals surface area contributed by atoms with Gasteiger partial charge < -0.3 is 4.74 Å². The van der Waals surface area contributed by atoms with E-state index in [0.29, 0.717) is 37.5 Å². The summed E-state index contributed by atoms with van der Waals surface area (Å²) in [6, 6.07) is 5.06. The van der Waals surface area contributed by atoms with Crippen LogP contribution >= 0.6 is 12.0 Å². The van der Waals surface area contributed by atoms with Gasteiger partial charge in [-0.1, -0.05) is 6.42 Å². The van der Waals surface area contributed by atoms with Crippen molar-refractivity contribution in [1.29, 1.82) is 0 Å². The van der Waals surface area contributed by atoms with Crippen LogP contribution in [-0.2, 0) is 24.4 Å². The van der Waals surface area contributed by atoms with Gasteiger partial charge in [0.05, 0.1) is 18.6 Å². The molecule has 0 spiro atoms. The highest BCUT2D eigenvalue weighted by atomic mass is 32.3.